The average molecular weight is 414 g/mol. The molecule has 0 aliphatic rings. The standard InChI is InChI=1S/C18H20F2N2O5S/c1-22(2)28(24,25)14-6-4-5-13(10-14)17(23)21-11-12-7-8-15(27-18(19)20)16(9-12)26-3/h4-10,18H,11H2,1-3H3,(H,21,23). The molecule has 0 unspecified atom stereocenters. The maximum Gasteiger partial charge on any atom is 0.387 e. The molecule has 7 nitrogen and oxygen atoms in total. The maximum absolute atomic E-state index is 12.4. The zero-order chi connectivity index (χ0) is 20.9. The fourth-order valence-electron chi connectivity index (χ4n) is 2.31. The monoisotopic (exact) mass is 414 g/mol. The van der Waals surface area contributed by atoms with E-state index in [1.165, 1.54) is 63.7 Å². The van der Waals surface area contributed by atoms with Gasteiger partial charge in [-0.05, 0) is 35.9 Å². The lowest BCUT2D eigenvalue weighted by Crippen LogP contribution is -2.25. The van der Waals surface area contributed by atoms with Crippen molar-refractivity contribution in [2.45, 2.75) is 18.1 Å². The van der Waals surface area contributed by atoms with Gasteiger partial charge >= 0.3 is 6.61 Å². The number of benzene rings is 2. The van der Waals surface area contributed by atoms with Gasteiger partial charge in [0.1, 0.15) is 0 Å². The number of hydrogen-bond donors (Lipinski definition) is 1. The lowest BCUT2D eigenvalue weighted by Gasteiger charge is -2.13. The molecule has 0 aromatic heterocycles. The number of rotatable bonds is 8. The van der Waals surface area contributed by atoms with Crippen LogP contribution in [0.25, 0.3) is 0 Å². The van der Waals surface area contributed by atoms with Crippen molar-refractivity contribution < 1.29 is 31.5 Å². The van der Waals surface area contributed by atoms with Gasteiger partial charge in [0.15, 0.2) is 11.5 Å². The van der Waals surface area contributed by atoms with Crippen LogP contribution in [0.4, 0.5) is 8.78 Å². The van der Waals surface area contributed by atoms with Gasteiger partial charge in [-0.25, -0.2) is 12.7 Å². The minimum absolute atomic E-state index is 0.000296. The lowest BCUT2D eigenvalue weighted by molar-refractivity contribution is -0.0512. The molecule has 152 valence electrons. The van der Waals surface area contributed by atoms with Crippen molar-refractivity contribution in [2.24, 2.45) is 0 Å². The van der Waals surface area contributed by atoms with Crippen LogP contribution in [0, 0.1) is 0 Å². The van der Waals surface area contributed by atoms with E-state index in [0.717, 1.165) is 4.31 Å². The van der Waals surface area contributed by atoms with E-state index in [2.05, 4.69) is 10.1 Å². The van der Waals surface area contributed by atoms with E-state index in [9.17, 15) is 22.0 Å². The molecule has 28 heavy (non-hydrogen) atoms. The van der Waals surface area contributed by atoms with E-state index in [1.54, 1.807) is 0 Å². The van der Waals surface area contributed by atoms with Crippen molar-refractivity contribution >= 4 is 15.9 Å². The number of carbonyl (C=O) groups excluding carboxylic acids is 1. The van der Waals surface area contributed by atoms with Crippen LogP contribution in [0.5, 0.6) is 11.5 Å². The summed E-state index contributed by atoms with van der Waals surface area (Å²) in [6.07, 6.45) is 0. The summed E-state index contributed by atoms with van der Waals surface area (Å²) in [5.74, 6) is -0.497. The van der Waals surface area contributed by atoms with Gasteiger partial charge in [-0.2, -0.15) is 8.78 Å². The third-order valence-electron chi connectivity index (χ3n) is 3.77. The molecule has 0 bridgehead atoms. The molecule has 0 fully saturated rings. The highest BCUT2D eigenvalue weighted by atomic mass is 32.2. The minimum atomic E-state index is -3.66. The predicted octanol–water partition coefficient (Wildman–Crippen LogP) is 2.48. The molecule has 10 heteroatoms. The van der Waals surface area contributed by atoms with E-state index in [0.29, 0.717) is 5.56 Å². The molecule has 0 aliphatic heterocycles. The van der Waals surface area contributed by atoms with Crippen LogP contribution in [0.15, 0.2) is 47.4 Å². The summed E-state index contributed by atoms with van der Waals surface area (Å²) >= 11 is 0. The van der Waals surface area contributed by atoms with Crippen molar-refractivity contribution in [1.29, 1.82) is 0 Å². The predicted molar refractivity (Wildman–Crippen MR) is 98.1 cm³/mol. The average Bonchev–Trinajstić information content (AvgIpc) is 2.66. The van der Waals surface area contributed by atoms with Gasteiger partial charge in [0.05, 0.1) is 12.0 Å². The molecule has 0 atom stereocenters. The van der Waals surface area contributed by atoms with Gasteiger partial charge in [-0.3, -0.25) is 4.79 Å². The SMILES string of the molecule is COc1cc(CNC(=O)c2cccc(S(=O)(=O)N(C)C)c2)ccc1OC(F)F. The fraction of sp³-hybridized carbons (Fsp3) is 0.278. The number of halogens is 2. The van der Waals surface area contributed by atoms with Gasteiger partial charge in [0.25, 0.3) is 5.91 Å². The molecule has 1 amide bonds. The van der Waals surface area contributed by atoms with E-state index in [-0.39, 0.29) is 28.5 Å². The number of sulfonamides is 1. The smallest absolute Gasteiger partial charge is 0.387 e. The van der Waals surface area contributed by atoms with Crippen LogP contribution < -0.4 is 14.8 Å². The zero-order valence-electron chi connectivity index (χ0n) is 15.5. The molecule has 0 saturated heterocycles. The first-order valence-electron chi connectivity index (χ1n) is 8.07. The van der Waals surface area contributed by atoms with Crippen LogP contribution in [0.2, 0.25) is 0 Å². The molecule has 2 rings (SSSR count). The summed E-state index contributed by atoms with van der Waals surface area (Å²) in [4.78, 5) is 12.4. The number of nitrogens with zero attached hydrogens (tertiary/aromatic N) is 1. The second-order valence-electron chi connectivity index (χ2n) is 5.86. The number of hydrogen-bond acceptors (Lipinski definition) is 5. The molecule has 1 N–H and O–H groups in total. The third kappa shape index (κ3) is 5.17. The largest absolute Gasteiger partial charge is 0.493 e. The fourth-order valence-corrected chi connectivity index (χ4v) is 3.26. The van der Waals surface area contributed by atoms with Crippen LogP contribution in [-0.4, -0.2) is 46.4 Å². The number of nitrogens with one attached hydrogen (secondary N) is 1. The van der Waals surface area contributed by atoms with E-state index in [4.69, 9.17) is 4.74 Å². The van der Waals surface area contributed by atoms with Crippen molar-refractivity contribution in [1.82, 2.24) is 9.62 Å². The summed E-state index contributed by atoms with van der Waals surface area (Å²) in [5.41, 5.74) is 0.761. The zero-order valence-corrected chi connectivity index (χ0v) is 16.3. The molecule has 2 aromatic carbocycles. The second-order valence-corrected chi connectivity index (χ2v) is 8.01. The number of alkyl halides is 2. The Bertz CT molecular complexity index is 949. The molecule has 0 heterocycles. The molecule has 0 saturated carbocycles. The normalized spacial score (nSPS) is 11.5. The third-order valence-corrected chi connectivity index (χ3v) is 5.58. The molecular formula is C18H20F2N2O5S. The van der Waals surface area contributed by atoms with Crippen molar-refractivity contribution in [2.75, 3.05) is 21.2 Å². The Morgan fingerprint density at radius 1 is 1.14 bits per heavy atom. The number of carbonyl (C=O) groups is 1. The Labute approximate surface area is 161 Å². The van der Waals surface area contributed by atoms with Crippen molar-refractivity contribution in [3.8, 4) is 11.5 Å². The summed E-state index contributed by atoms with van der Waals surface area (Å²) in [6.45, 7) is -2.90. The Kier molecular flexibility index (Phi) is 6.92. The first kappa shape index (κ1) is 21.6. The quantitative estimate of drug-likeness (QED) is 0.717. The lowest BCUT2D eigenvalue weighted by atomic mass is 10.1. The molecule has 0 aliphatic carbocycles. The Hall–Kier alpha value is -2.72. The topological polar surface area (TPSA) is 84.9 Å². The number of methoxy groups -OCH3 is 1. The minimum Gasteiger partial charge on any atom is -0.493 e. The van der Waals surface area contributed by atoms with E-state index < -0.39 is 22.5 Å². The van der Waals surface area contributed by atoms with Crippen LogP contribution in [-0.2, 0) is 16.6 Å². The first-order valence-corrected chi connectivity index (χ1v) is 9.51. The summed E-state index contributed by atoms with van der Waals surface area (Å²) in [6, 6.07) is 9.94. The highest BCUT2D eigenvalue weighted by Crippen LogP contribution is 2.29. The highest BCUT2D eigenvalue weighted by Gasteiger charge is 2.19. The van der Waals surface area contributed by atoms with Gasteiger partial charge in [0, 0.05) is 26.2 Å². The van der Waals surface area contributed by atoms with Crippen molar-refractivity contribution in [3.05, 3.63) is 53.6 Å². The summed E-state index contributed by atoms with van der Waals surface area (Å²) in [7, 11) is 0.449. The summed E-state index contributed by atoms with van der Waals surface area (Å²) < 4.78 is 59.5. The molecule has 0 spiro atoms. The van der Waals surface area contributed by atoms with Crippen LogP contribution in [0.1, 0.15) is 15.9 Å². The molecule has 2 aromatic rings. The van der Waals surface area contributed by atoms with Crippen LogP contribution >= 0.6 is 0 Å². The van der Waals surface area contributed by atoms with Crippen molar-refractivity contribution in [3.63, 3.8) is 0 Å². The van der Waals surface area contributed by atoms with Crippen LogP contribution in [0.3, 0.4) is 0 Å². The highest BCUT2D eigenvalue weighted by molar-refractivity contribution is 7.89. The van der Waals surface area contributed by atoms with E-state index in [1.807, 2.05) is 0 Å². The summed E-state index contributed by atoms with van der Waals surface area (Å²) in [5, 5.41) is 2.64. The molecule has 0 radical (unpaired) electrons. The van der Waals surface area contributed by atoms with Gasteiger partial charge < -0.3 is 14.8 Å². The first-order chi connectivity index (χ1) is 13.1. The number of amides is 1. The van der Waals surface area contributed by atoms with E-state index >= 15 is 0 Å². The Balaban J connectivity index is 2.12. The van der Waals surface area contributed by atoms with Gasteiger partial charge in [-0.15, -0.1) is 0 Å². The Morgan fingerprint density at radius 2 is 1.86 bits per heavy atom. The van der Waals surface area contributed by atoms with Gasteiger partial charge in [-0.1, -0.05) is 12.1 Å². The van der Waals surface area contributed by atoms with Gasteiger partial charge in [0.2, 0.25) is 10.0 Å². The second kappa shape index (κ2) is 8.98. The maximum atomic E-state index is 12.4. The number of ether oxygens (including phenoxy) is 2. The molecular weight excluding hydrogens is 394 g/mol. The Morgan fingerprint density at radius 3 is 2.46 bits per heavy atom.